The highest BCUT2D eigenvalue weighted by Gasteiger charge is 2.17. The lowest BCUT2D eigenvalue weighted by Gasteiger charge is -2.12. The van der Waals surface area contributed by atoms with Crippen molar-refractivity contribution in [2.45, 2.75) is 13.0 Å². The van der Waals surface area contributed by atoms with Crippen molar-refractivity contribution in [2.75, 3.05) is 0 Å². The zero-order valence-electron chi connectivity index (χ0n) is 10.3. The number of nitrogens with one attached hydrogen (secondary N) is 1. The SMILES string of the molecule is CC(NC(=O)c1ccc(C(=O)O)o1)c1ccccc1. The van der Waals surface area contributed by atoms with Crippen LogP contribution in [0.2, 0.25) is 0 Å². The van der Waals surface area contributed by atoms with Gasteiger partial charge < -0.3 is 14.8 Å². The minimum Gasteiger partial charge on any atom is -0.475 e. The minimum atomic E-state index is -1.20. The van der Waals surface area contributed by atoms with Crippen LogP contribution in [0, 0.1) is 0 Å². The van der Waals surface area contributed by atoms with E-state index in [4.69, 9.17) is 9.52 Å². The first-order chi connectivity index (χ1) is 9.08. The monoisotopic (exact) mass is 259 g/mol. The molecule has 0 bridgehead atoms. The molecule has 1 heterocycles. The maximum atomic E-state index is 11.9. The topological polar surface area (TPSA) is 79.5 Å². The molecule has 0 saturated heterocycles. The number of hydrogen-bond donors (Lipinski definition) is 2. The maximum Gasteiger partial charge on any atom is 0.371 e. The molecule has 1 aromatic carbocycles. The highest BCUT2D eigenvalue weighted by atomic mass is 16.4. The van der Waals surface area contributed by atoms with Crippen LogP contribution in [0.25, 0.3) is 0 Å². The van der Waals surface area contributed by atoms with E-state index >= 15 is 0 Å². The number of aromatic carboxylic acids is 1. The molecule has 0 radical (unpaired) electrons. The van der Waals surface area contributed by atoms with E-state index in [0.717, 1.165) is 5.56 Å². The van der Waals surface area contributed by atoms with E-state index in [9.17, 15) is 9.59 Å². The molecule has 1 amide bonds. The van der Waals surface area contributed by atoms with Crippen LogP contribution in [0.15, 0.2) is 46.9 Å². The zero-order chi connectivity index (χ0) is 13.8. The number of carbonyl (C=O) groups is 2. The van der Waals surface area contributed by atoms with Crippen molar-refractivity contribution in [3.8, 4) is 0 Å². The summed E-state index contributed by atoms with van der Waals surface area (Å²) < 4.78 is 4.93. The third-order valence-corrected chi connectivity index (χ3v) is 2.69. The predicted molar refractivity (Wildman–Crippen MR) is 68.0 cm³/mol. The van der Waals surface area contributed by atoms with Crippen molar-refractivity contribution in [3.05, 3.63) is 59.5 Å². The van der Waals surface area contributed by atoms with Gasteiger partial charge in [0.1, 0.15) is 0 Å². The van der Waals surface area contributed by atoms with Gasteiger partial charge in [-0.25, -0.2) is 4.79 Å². The molecule has 2 aromatic rings. The molecule has 98 valence electrons. The van der Waals surface area contributed by atoms with Crippen LogP contribution in [-0.2, 0) is 0 Å². The maximum absolute atomic E-state index is 11.9. The molecule has 0 aliphatic carbocycles. The third kappa shape index (κ3) is 3.01. The summed E-state index contributed by atoms with van der Waals surface area (Å²) in [5, 5.41) is 11.5. The van der Waals surface area contributed by atoms with Gasteiger partial charge in [0.15, 0.2) is 5.76 Å². The first kappa shape index (κ1) is 12.9. The van der Waals surface area contributed by atoms with Gasteiger partial charge in [-0.2, -0.15) is 0 Å². The first-order valence-corrected chi connectivity index (χ1v) is 5.77. The Bertz CT molecular complexity index is 589. The van der Waals surface area contributed by atoms with E-state index in [1.54, 1.807) is 0 Å². The number of carbonyl (C=O) groups excluding carboxylic acids is 1. The Kier molecular flexibility index (Phi) is 3.66. The van der Waals surface area contributed by atoms with Crippen LogP contribution < -0.4 is 5.32 Å². The summed E-state index contributed by atoms with van der Waals surface area (Å²) in [7, 11) is 0. The number of amides is 1. The second kappa shape index (κ2) is 5.39. The van der Waals surface area contributed by atoms with Crippen molar-refractivity contribution < 1.29 is 19.1 Å². The number of carboxylic acids is 1. The van der Waals surface area contributed by atoms with Crippen LogP contribution in [-0.4, -0.2) is 17.0 Å². The summed E-state index contributed by atoms with van der Waals surface area (Å²) in [6.45, 7) is 1.84. The Morgan fingerprint density at radius 3 is 2.32 bits per heavy atom. The van der Waals surface area contributed by atoms with Crippen LogP contribution >= 0.6 is 0 Å². The van der Waals surface area contributed by atoms with E-state index in [1.165, 1.54) is 12.1 Å². The molecule has 1 unspecified atom stereocenters. The van der Waals surface area contributed by atoms with Crippen LogP contribution in [0.1, 0.15) is 39.6 Å². The lowest BCUT2D eigenvalue weighted by Crippen LogP contribution is -2.26. The minimum absolute atomic E-state index is 0.0137. The molecule has 0 spiro atoms. The first-order valence-electron chi connectivity index (χ1n) is 5.77. The van der Waals surface area contributed by atoms with Gasteiger partial charge in [0.25, 0.3) is 5.91 Å². The van der Waals surface area contributed by atoms with Crippen molar-refractivity contribution in [2.24, 2.45) is 0 Å². The average Bonchev–Trinajstić information content (AvgIpc) is 2.89. The highest BCUT2D eigenvalue weighted by molar-refractivity contribution is 5.93. The Morgan fingerprint density at radius 1 is 1.11 bits per heavy atom. The lowest BCUT2D eigenvalue weighted by atomic mass is 10.1. The van der Waals surface area contributed by atoms with Gasteiger partial charge in [0, 0.05) is 0 Å². The van der Waals surface area contributed by atoms with Crippen molar-refractivity contribution in [1.82, 2.24) is 5.32 Å². The van der Waals surface area contributed by atoms with E-state index < -0.39 is 11.9 Å². The summed E-state index contributed by atoms with van der Waals surface area (Å²) in [6, 6.07) is 11.9. The smallest absolute Gasteiger partial charge is 0.371 e. The predicted octanol–water partition coefficient (Wildman–Crippen LogP) is 2.47. The van der Waals surface area contributed by atoms with Gasteiger partial charge in [0.05, 0.1) is 6.04 Å². The fraction of sp³-hybridized carbons (Fsp3) is 0.143. The van der Waals surface area contributed by atoms with Gasteiger partial charge in [-0.1, -0.05) is 30.3 Å². The van der Waals surface area contributed by atoms with Gasteiger partial charge in [-0.15, -0.1) is 0 Å². The lowest BCUT2D eigenvalue weighted by molar-refractivity contribution is 0.0659. The molecule has 1 aromatic heterocycles. The van der Waals surface area contributed by atoms with E-state index in [2.05, 4.69) is 5.32 Å². The molecular weight excluding hydrogens is 246 g/mol. The van der Waals surface area contributed by atoms with Crippen LogP contribution in [0.4, 0.5) is 0 Å². The normalized spacial score (nSPS) is 11.8. The van der Waals surface area contributed by atoms with Gasteiger partial charge in [-0.3, -0.25) is 4.79 Å². The number of furan rings is 1. The van der Waals surface area contributed by atoms with Crippen molar-refractivity contribution in [3.63, 3.8) is 0 Å². The Labute approximate surface area is 109 Å². The van der Waals surface area contributed by atoms with Crippen LogP contribution in [0.3, 0.4) is 0 Å². The molecule has 5 nitrogen and oxygen atoms in total. The summed E-state index contributed by atoms with van der Waals surface area (Å²) >= 11 is 0. The van der Waals surface area contributed by atoms with Crippen molar-refractivity contribution in [1.29, 1.82) is 0 Å². The molecule has 0 aliphatic rings. The Morgan fingerprint density at radius 2 is 1.74 bits per heavy atom. The van der Waals surface area contributed by atoms with Crippen molar-refractivity contribution >= 4 is 11.9 Å². The highest BCUT2D eigenvalue weighted by Crippen LogP contribution is 2.13. The summed E-state index contributed by atoms with van der Waals surface area (Å²) in [5.74, 6) is -1.91. The molecular formula is C14H13NO4. The standard InChI is InChI=1S/C14H13NO4/c1-9(10-5-3-2-4-6-10)15-13(16)11-7-8-12(19-11)14(17)18/h2-9H,1H3,(H,15,16)(H,17,18). The van der Waals surface area contributed by atoms with E-state index in [0.29, 0.717) is 0 Å². The quantitative estimate of drug-likeness (QED) is 0.883. The molecule has 0 saturated carbocycles. The largest absolute Gasteiger partial charge is 0.475 e. The zero-order valence-corrected chi connectivity index (χ0v) is 10.3. The van der Waals surface area contributed by atoms with E-state index in [-0.39, 0.29) is 17.6 Å². The van der Waals surface area contributed by atoms with Gasteiger partial charge >= 0.3 is 5.97 Å². The third-order valence-electron chi connectivity index (χ3n) is 2.69. The second-order valence-corrected chi connectivity index (χ2v) is 4.07. The molecule has 0 fully saturated rings. The summed E-state index contributed by atoms with van der Waals surface area (Å²) in [6.07, 6.45) is 0. The number of rotatable bonds is 4. The average molecular weight is 259 g/mol. The van der Waals surface area contributed by atoms with Gasteiger partial charge in [-0.05, 0) is 24.6 Å². The fourth-order valence-corrected chi connectivity index (χ4v) is 1.67. The Hall–Kier alpha value is -2.56. The fourth-order valence-electron chi connectivity index (χ4n) is 1.67. The number of carboxylic acid groups (broad SMARTS) is 1. The molecule has 2 N–H and O–H groups in total. The summed E-state index contributed by atoms with van der Waals surface area (Å²) in [4.78, 5) is 22.5. The molecule has 2 rings (SSSR count). The second-order valence-electron chi connectivity index (χ2n) is 4.07. The number of hydrogen-bond acceptors (Lipinski definition) is 3. The molecule has 19 heavy (non-hydrogen) atoms. The van der Waals surface area contributed by atoms with E-state index in [1.807, 2.05) is 37.3 Å². The van der Waals surface area contributed by atoms with Crippen LogP contribution in [0.5, 0.6) is 0 Å². The number of benzene rings is 1. The molecule has 5 heteroatoms. The van der Waals surface area contributed by atoms with Gasteiger partial charge in [0.2, 0.25) is 5.76 Å². The summed E-state index contributed by atoms with van der Waals surface area (Å²) in [5.41, 5.74) is 0.959. The molecule has 0 aliphatic heterocycles. The Balaban J connectivity index is 2.06. The molecule has 1 atom stereocenters.